The van der Waals surface area contributed by atoms with Gasteiger partial charge in [0.1, 0.15) is 23.6 Å². The molecule has 2 aromatic heterocycles. The average molecular weight is 353 g/mol. The lowest BCUT2D eigenvalue weighted by Crippen LogP contribution is -2.15. The zero-order chi connectivity index (χ0) is 18.7. The Labute approximate surface area is 150 Å². The number of carbonyl (C=O) groups excluding carboxylic acids is 1. The number of amides is 1. The van der Waals surface area contributed by atoms with Crippen LogP contribution in [0.15, 0.2) is 36.7 Å². The van der Waals surface area contributed by atoms with Crippen molar-refractivity contribution in [1.82, 2.24) is 19.7 Å². The highest BCUT2D eigenvalue weighted by Gasteiger charge is 2.15. The number of aryl methyl sites for hydroxylation is 2. The maximum Gasteiger partial charge on any atom is 0.260 e. The quantitative estimate of drug-likeness (QED) is 0.758. The van der Waals surface area contributed by atoms with E-state index < -0.39 is 0 Å². The summed E-state index contributed by atoms with van der Waals surface area (Å²) < 4.78 is 12.1. The maximum absolute atomic E-state index is 12.7. The molecule has 3 aromatic rings. The van der Waals surface area contributed by atoms with E-state index in [1.807, 2.05) is 19.9 Å². The van der Waals surface area contributed by atoms with Gasteiger partial charge in [-0.1, -0.05) is 0 Å². The summed E-state index contributed by atoms with van der Waals surface area (Å²) in [7, 11) is 3.04. The second-order valence-electron chi connectivity index (χ2n) is 5.62. The van der Waals surface area contributed by atoms with Gasteiger partial charge in [-0.25, -0.2) is 14.6 Å². The van der Waals surface area contributed by atoms with E-state index in [9.17, 15) is 4.79 Å². The predicted molar refractivity (Wildman–Crippen MR) is 96.1 cm³/mol. The fraction of sp³-hybridized carbons (Fsp3) is 0.222. The van der Waals surface area contributed by atoms with Gasteiger partial charge in [0, 0.05) is 11.8 Å². The van der Waals surface area contributed by atoms with Gasteiger partial charge in [0.15, 0.2) is 5.82 Å². The Kier molecular flexibility index (Phi) is 4.83. The molecule has 0 fully saturated rings. The Hall–Kier alpha value is -3.42. The molecule has 0 saturated heterocycles. The highest BCUT2D eigenvalue weighted by molar-refractivity contribution is 6.06. The summed E-state index contributed by atoms with van der Waals surface area (Å²) in [6, 6.07) is 8.61. The molecule has 3 rings (SSSR count). The molecule has 0 aliphatic heterocycles. The fourth-order valence-corrected chi connectivity index (χ4v) is 2.57. The molecule has 0 atom stereocenters. The minimum atomic E-state index is -0.362. The van der Waals surface area contributed by atoms with Crippen LogP contribution in [0.4, 0.5) is 5.82 Å². The summed E-state index contributed by atoms with van der Waals surface area (Å²) in [5.41, 5.74) is 2.17. The fourth-order valence-electron chi connectivity index (χ4n) is 2.57. The minimum absolute atomic E-state index is 0.345. The molecule has 0 aliphatic rings. The van der Waals surface area contributed by atoms with Crippen LogP contribution < -0.4 is 14.8 Å². The number of benzene rings is 1. The highest BCUT2D eigenvalue weighted by atomic mass is 16.5. The lowest BCUT2D eigenvalue weighted by atomic mass is 10.1. The molecule has 0 radical (unpaired) electrons. The third-order valence-corrected chi connectivity index (χ3v) is 3.77. The molecule has 1 N–H and O–H groups in total. The van der Waals surface area contributed by atoms with E-state index in [4.69, 9.17) is 9.47 Å². The Morgan fingerprint density at radius 3 is 2.54 bits per heavy atom. The molecule has 0 bridgehead atoms. The Morgan fingerprint density at radius 2 is 1.88 bits per heavy atom. The maximum atomic E-state index is 12.7. The van der Waals surface area contributed by atoms with Crippen LogP contribution in [0.5, 0.6) is 11.5 Å². The molecule has 134 valence electrons. The molecule has 0 unspecified atom stereocenters. The van der Waals surface area contributed by atoms with Gasteiger partial charge in [-0.15, -0.1) is 0 Å². The van der Waals surface area contributed by atoms with Crippen LogP contribution in [-0.4, -0.2) is 39.9 Å². The van der Waals surface area contributed by atoms with Gasteiger partial charge < -0.3 is 14.8 Å². The van der Waals surface area contributed by atoms with E-state index in [0.717, 1.165) is 11.4 Å². The molecule has 26 heavy (non-hydrogen) atoms. The zero-order valence-corrected chi connectivity index (χ0v) is 15.0. The van der Waals surface area contributed by atoms with Crippen molar-refractivity contribution < 1.29 is 14.3 Å². The van der Waals surface area contributed by atoms with Crippen LogP contribution in [0.1, 0.15) is 21.7 Å². The number of methoxy groups -OCH3 is 2. The van der Waals surface area contributed by atoms with Crippen molar-refractivity contribution in [1.29, 1.82) is 0 Å². The van der Waals surface area contributed by atoms with Crippen molar-refractivity contribution in [3.63, 3.8) is 0 Å². The zero-order valence-electron chi connectivity index (χ0n) is 15.0. The Bertz CT molecular complexity index is 952. The van der Waals surface area contributed by atoms with Crippen LogP contribution >= 0.6 is 0 Å². The second-order valence-corrected chi connectivity index (χ2v) is 5.62. The SMILES string of the molecule is COc1ccc(OC)c(C(=O)Nc2cc(-n3nc(C)cc3C)ncn2)c1. The van der Waals surface area contributed by atoms with Crippen LogP contribution in [-0.2, 0) is 0 Å². The van der Waals surface area contributed by atoms with E-state index >= 15 is 0 Å². The monoisotopic (exact) mass is 353 g/mol. The summed E-state index contributed by atoms with van der Waals surface area (Å²) in [5, 5.41) is 7.14. The highest BCUT2D eigenvalue weighted by Crippen LogP contribution is 2.25. The van der Waals surface area contributed by atoms with Crippen molar-refractivity contribution in [3.8, 4) is 17.3 Å². The standard InChI is InChI=1S/C18H19N5O3/c1-11-7-12(2)23(22-11)17-9-16(19-10-20-17)21-18(24)14-8-13(25-3)5-6-15(14)26-4/h5-10H,1-4H3,(H,19,20,21,24). The predicted octanol–water partition coefficient (Wildman–Crippen LogP) is 2.55. The van der Waals surface area contributed by atoms with Gasteiger partial charge in [-0.2, -0.15) is 5.10 Å². The third-order valence-electron chi connectivity index (χ3n) is 3.77. The average Bonchev–Trinajstić information content (AvgIpc) is 2.99. The number of carbonyl (C=O) groups is 1. The van der Waals surface area contributed by atoms with Gasteiger partial charge >= 0.3 is 0 Å². The van der Waals surface area contributed by atoms with Crippen LogP contribution in [0.3, 0.4) is 0 Å². The van der Waals surface area contributed by atoms with Gasteiger partial charge in [0.05, 0.1) is 25.5 Å². The Morgan fingerprint density at radius 1 is 1.08 bits per heavy atom. The molecule has 8 nitrogen and oxygen atoms in total. The molecule has 0 spiro atoms. The van der Waals surface area contributed by atoms with Crippen molar-refractivity contribution >= 4 is 11.7 Å². The lowest BCUT2D eigenvalue weighted by Gasteiger charge is -2.11. The smallest absolute Gasteiger partial charge is 0.260 e. The topological polar surface area (TPSA) is 91.2 Å². The molecule has 1 amide bonds. The normalized spacial score (nSPS) is 10.5. The molecular formula is C18H19N5O3. The number of ether oxygens (including phenoxy) is 2. The molecule has 2 heterocycles. The third kappa shape index (κ3) is 3.49. The number of rotatable bonds is 5. The van der Waals surface area contributed by atoms with Crippen molar-refractivity contribution in [2.75, 3.05) is 19.5 Å². The second kappa shape index (κ2) is 7.22. The van der Waals surface area contributed by atoms with E-state index in [-0.39, 0.29) is 5.91 Å². The first-order valence-electron chi connectivity index (χ1n) is 7.91. The van der Waals surface area contributed by atoms with E-state index in [0.29, 0.717) is 28.7 Å². The van der Waals surface area contributed by atoms with Gasteiger partial charge in [-0.3, -0.25) is 4.79 Å². The number of aromatic nitrogens is 4. The number of nitrogens with zero attached hydrogens (tertiary/aromatic N) is 4. The van der Waals surface area contributed by atoms with Crippen molar-refractivity contribution in [2.24, 2.45) is 0 Å². The first-order chi connectivity index (χ1) is 12.5. The summed E-state index contributed by atoms with van der Waals surface area (Å²) in [5.74, 6) is 1.56. The Balaban J connectivity index is 1.89. The first kappa shape index (κ1) is 17.4. The molecule has 8 heteroatoms. The van der Waals surface area contributed by atoms with Crippen molar-refractivity contribution in [3.05, 3.63) is 53.6 Å². The van der Waals surface area contributed by atoms with Gasteiger partial charge in [0.2, 0.25) is 0 Å². The molecular weight excluding hydrogens is 334 g/mol. The van der Waals surface area contributed by atoms with Gasteiger partial charge in [-0.05, 0) is 38.1 Å². The van der Waals surface area contributed by atoms with Crippen LogP contribution in [0.2, 0.25) is 0 Å². The number of nitrogens with one attached hydrogen (secondary N) is 1. The number of hydrogen-bond donors (Lipinski definition) is 1. The lowest BCUT2D eigenvalue weighted by molar-refractivity contribution is 0.102. The largest absolute Gasteiger partial charge is 0.497 e. The molecule has 0 saturated carbocycles. The van der Waals surface area contributed by atoms with Gasteiger partial charge in [0.25, 0.3) is 5.91 Å². The number of hydrogen-bond acceptors (Lipinski definition) is 6. The van der Waals surface area contributed by atoms with E-state index in [1.54, 1.807) is 28.9 Å². The summed E-state index contributed by atoms with van der Waals surface area (Å²) in [6.07, 6.45) is 1.38. The summed E-state index contributed by atoms with van der Waals surface area (Å²) >= 11 is 0. The van der Waals surface area contributed by atoms with E-state index in [1.165, 1.54) is 20.5 Å². The van der Waals surface area contributed by atoms with Crippen molar-refractivity contribution in [2.45, 2.75) is 13.8 Å². The van der Waals surface area contributed by atoms with Crippen LogP contribution in [0.25, 0.3) is 5.82 Å². The summed E-state index contributed by atoms with van der Waals surface area (Å²) in [4.78, 5) is 21.0. The molecule has 1 aromatic carbocycles. The summed E-state index contributed by atoms with van der Waals surface area (Å²) in [6.45, 7) is 3.84. The first-order valence-corrected chi connectivity index (χ1v) is 7.91. The minimum Gasteiger partial charge on any atom is -0.497 e. The van der Waals surface area contributed by atoms with Crippen LogP contribution in [0, 0.1) is 13.8 Å². The molecule has 0 aliphatic carbocycles. The van der Waals surface area contributed by atoms with E-state index in [2.05, 4.69) is 20.4 Å². The number of anilines is 1.